The van der Waals surface area contributed by atoms with Gasteiger partial charge in [0.25, 0.3) is 0 Å². The van der Waals surface area contributed by atoms with Crippen molar-refractivity contribution in [2.75, 3.05) is 6.61 Å². The summed E-state index contributed by atoms with van der Waals surface area (Å²) in [4.78, 5) is 11.7. The van der Waals surface area contributed by atoms with E-state index in [0.29, 0.717) is 12.2 Å². The Bertz CT molecular complexity index is 401. The van der Waals surface area contributed by atoms with E-state index in [1.807, 2.05) is 0 Å². The van der Waals surface area contributed by atoms with Crippen LogP contribution in [0.25, 0.3) is 0 Å². The van der Waals surface area contributed by atoms with Gasteiger partial charge in [-0.15, -0.1) is 0 Å². The standard InChI is InChI=1S/C18H28O3/c1-2-3-4-5-6-7-8-9-10-14-21-18(20)16-12-11-13-17(19)15-16/h11-13,15,19H,2-10,14H2,1H3. The smallest absolute Gasteiger partial charge is 0.338 e. The zero-order valence-corrected chi connectivity index (χ0v) is 13.1. The zero-order valence-electron chi connectivity index (χ0n) is 13.1. The molecule has 0 aliphatic heterocycles. The van der Waals surface area contributed by atoms with Gasteiger partial charge in [0.1, 0.15) is 5.75 Å². The highest BCUT2D eigenvalue weighted by Crippen LogP contribution is 2.13. The lowest BCUT2D eigenvalue weighted by molar-refractivity contribution is 0.0497. The van der Waals surface area contributed by atoms with Crippen molar-refractivity contribution in [3.8, 4) is 5.75 Å². The Kier molecular flexibility index (Phi) is 9.34. The first kappa shape index (κ1) is 17.5. The molecule has 1 aromatic carbocycles. The van der Waals surface area contributed by atoms with E-state index < -0.39 is 0 Å². The molecule has 0 aliphatic rings. The van der Waals surface area contributed by atoms with Crippen LogP contribution >= 0.6 is 0 Å². The molecule has 0 heterocycles. The van der Waals surface area contributed by atoms with Crippen molar-refractivity contribution in [1.29, 1.82) is 0 Å². The van der Waals surface area contributed by atoms with Crippen molar-refractivity contribution in [2.45, 2.75) is 64.7 Å². The van der Waals surface area contributed by atoms with Crippen LogP contribution in [-0.2, 0) is 4.74 Å². The highest BCUT2D eigenvalue weighted by atomic mass is 16.5. The number of hydrogen-bond donors (Lipinski definition) is 1. The number of hydrogen-bond acceptors (Lipinski definition) is 3. The number of esters is 1. The van der Waals surface area contributed by atoms with Gasteiger partial charge in [0.15, 0.2) is 0 Å². The van der Waals surface area contributed by atoms with Gasteiger partial charge in [-0.25, -0.2) is 4.79 Å². The predicted molar refractivity (Wildman–Crippen MR) is 85.6 cm³/mol. The summed E-state index contributed by atoms with van der Waals surface area (Å²) in [6.07, 6.45) is 11.2. The summed E-state index contributed by atoms with van der Waals surface area (Å²) in [5, 5.41) is 9.30. The van der Waals surface area contributed by atoms with E-state index in [9.17, 15) is 9.90 Å². The minimum atomic E-state index is -0.356. The third kappa shape index (κ3) is 8.38. The van der Waals surface area contributed by atoms with Crippen LogP contribution in [0.4, 0.5) is 0 Å². The molecule has 1 aromatic rings. The molecule has 0 atom stereocenters. The van der Waals surface area contributed by atoms with Crippen LogP contribution in [-0.4, -0.2) is 17.7 Å². The summed E-state index contributed by atoms with van der Waals surface area (Å²) in [5.74, 6) is -0.266. The summed E-state index contributed by atoms with van der Waals surface area (Å²) >= 11 is 0. The highest BCUT2D eigenvalue weighted by Gasteiger charge is 2.06. The maximum atomic E-state index is 11.7. The lowest BCUT2D eigenvalue weighted by Crippen LogP contribution is -2.06. The van der Waals surface area contributed by atoms with Gasteiger partial charge < -0.3 is 9.84 Å². The van der Waals surface area contributed by atoms with Gasteiger partial charge in [-0.3, -0.25) is 0 Å². The van der Waals surface area contributed by atoms with Gasteiger partial charge in [0.05, 0.1) is 12.2 Å². The Morgan fingerprint density at radius 2 is 1.62 bits per heavy atom. The number of aromatic hydroxyl groups is 1. The van der Waals surface area contributed by atoms with E-state index in [-0.39, 0.29) is 11.7 Å². The summed E-state index contributed by atoms with van der Waals surface area (Å²) < 4.78 is 5.19. The molecule has 0 unspecified atom stereocenters. The number of phenolic OH excluding ortho intramolecular Hbond substituents is 1. The average Bonchev–Trinajstić information content (AvgIpc) is 2.49. The fraction of sp³-hybridized carbons (Fsp3) is 0.611. The van der Waals surface area contributed by atoms with Crippen molar-refractivity contribution < 1.29 is 14.6 Å². The second kappa shape index (κ2) is 11.2. The third-order valence-electron chi connectivity index (χ3n) is 3.56. The van der Waals surface area contributed by atoms with Gasteiger partial charge >= 0.3 is 5.97 Å². The van der Waals surface area contributed by atoms with E-state index in [2.05, 4.69) is 6.92 Å². The molecule has 0 spiro atoms. The van der Waals surface area contributed by atoms with Crippen molar-refractivity contribution in [1.82, 2.24) is 0 Å². The summed E-state index contributed by atoms with van der Waals surface area (Å²) in [6.45, 7) is 2.70. The molecule has 118 valence electrons. The Morgan fingerprint density at radius 3 is 2.24 bits per heavy atom. The van der Waals surface area contributed by atoms with Crippen LogP contribution in [0.1, 0.15) is 75.1 Å². The fourth-order valence-corrected chi connectivity index (χ4v) is 2.29. The first-order chi connectivity index (χ1) is 10.2. The lowest BCUT2D eigenvalue weighted by atomic mass is 10.1. The molecule has 0 radical (unpaired) electrons. The maximum Gasteiger partial charge on any atom is 0.338 e. The molecular weight excluding hydrogens is 264 g/mol. The predicted octanol–water partition coefficient (Wildman–Crippen LogP) is 5.08. The Morgan fingerprint density at radius 1 is 1.00 bits per heavy atom. The van der Waals surface area contributed by atoms with E-state index in [1.54, 1.807) is 12.1 Å². The van der Waals surface area contributed by atoms with E-state index in [0.717, 1.165) is 12.8 Å². The van der Waals surface area contributed by atoms with E-state index >= 15 is 0 Å². The second-order valence-electron chi connectivity index (χ2n) is 5.51. The molecule has 0 fully saturated rings. The molecule has 3 nitrogen and oxygen atoms in total. The van der Waals surface area contributed by atoms with Crippen molar-refractivity contribution in [3.05, 3.63) is 29.8 Å². The van der Waals surface area contributed by atoms with Crippen LogP contribution < -0.4 is 0 Å². The number of ether oxygens (including phenoxy) is 1. The van der Waals surface area contributed by atoms with Crippen LogP contribution in [0, 0.1) is 0 Å². The quantitative estimate of drug-likeness (QED) is 0.457. The summed E-state index contributed by atoms with van der Waals surface area (Å²) in [6, 6.07) is 6.26. The van der Waals surface area contributed by atoms with E-state index in [4.69, 9.17) is 4.74 Å². The minimum Gasteiger partial charge on any atom is -0.508 e. The first-order valence-electron chi connectivity index (χ1n) is 8.20. The summed E-state index contributed by atoms with van der Waals surface area (Å²) in [7, 11) is 0. The molecule has 0 aromatic heterocycles. The molecule has 0 bridgehead atoms. The van der Waals surface area contributed by atoms with Crippen molar-refractivity contribution in [3.63, 3.8) is 0 Å². The maximum absolute atomic E-state index is 11.7. The number of benzene rings is 1. The minimum absolute atomic E-state index is 0.0903. The lowest BCUT2D eigenvalue weighted by Gasteiger charge is -2.05. The normalized spacial score (nSPS) is 10.5. The number of phenols is 1. The summed E-state index contributed by atoms with van der Waals surface area (Å²) in [5.41, 5.74) is 0.408. The van der Waals surface area contributed by atoms with Crippen LogP contribution in [0.2, 0.25) is 0 Å². The second-order valence-corrected chi connectivity index (χ2v) is 5.51. The van der Waals surface area contributed by atoms with Gasteiger partial charge in [0, 0.05) is 0 Å². The molecular formula is C18H28O3. The van der Waals surface area contributed by atoms with Gasteiger partial charge in [0.2, 0.25) is 0 Å². The van der Waals surface area contributed by atoms with Gasteiger partial charge in [-0.1, -0.05) is 64.4 Å². The number of carbonyl (C=O) groups is 1. The average molecular weight is 292 g/mol. The molecule has 0 aliphatic carbocycles. The molecule has 0 amide bonds. The molecule has 3 heteroatoms. The topological polar surface area (TPSA) is 46.5 Å². The zero-order chi connectivity index (χ0) is 15.3. The Labute approximate surface area is 128 Å². The van der Waals surface area contributed by atoms with Crippen LogP contribution in [0.3, 0.4) is 0 Å². The van der Waals surface area contributed by atoms with Gasteiger partial charge in [-0.2, -0.15) is 0 Å². The third-order valence-corrected chi connectivity index (χ3v) is 3.56. The molecule has 0 saturated heterocycles. The molecule has 1 rings (SSSR count). The Balaban J connectivity index is 1.98. The SMILES string of the molecule is CCCCCCCCCCCOC(=O)c1cccc(O)c1. The van der Waals surface area contributed by atoms with E-state index in [1.165, 1.54) is 57.1 Å². The van der Waals surface area contributed by atoms with Gasteiger partial charge in [-0.05, 0) is 24.6 Å². The molecule has 0 saturated carbocycles. The first-order valence-corrected chi connectivity index (χ1v) is 8.20. The van der Waals surface area contributed by atoms with Crippen molar-refractivity contribution in [2.24, 2.45) is 0 Å². The van der Waals surface area contributed by atoms with Crippen LogP contribution in [0.5, 0.6) is 5.75 Å². The largest absolute Gasteiger partial charge is 0.508 e. The number of unbranched alkanes of at least 4 members (excludes halogenated alkanes) is 8. The fourth-order valence-electron chi connectivity index (χ4n) is 2.29. The number of rotatable bonds is 11. The van der Waals surface area contributed by atoms with Crippen molar-refractivity contribution >= 4 is 5.97 Å². The Hall–Kier alpha value is -1.51. The molecule has 1 N–H and O–H groups in total. The molecule has 21 heavy (non-hydrogen) atoms. The monoisotopic (exact) mass is 292 g/mol. The highest BCUT2D eigenvalue weighted by molar-refractivity contribution is 5.89. The van der Waals surface area contributed by atoms with Crippen LogP contribution in [0.15, 0.2) is 24.3 Å². The number of carbonyl (C=O) groups excluding carboxylic acids is 1.